The molecule has 1 aliphatic rings. The standard InChI is InChI=1S/C9H18ClNO3S/c1-14-7-6-11(5-4-10)15(12,13)8-9-2-3-9/h9H,2-8H2,1H3. The highest BCUT2D eigenvalue weighted by atomic mass is 35.5. The Kier molecular flexibility index (Phi) is 5.32. The topological polar surface area (TPSA) is 46.6 Å². The summed E-state index contributed by atoms with van der Waals surface area (Å²) in [7, 11) is -1.56. The predicted molar refractivity (Wildman–Crippen MR) is 60.7 cm³/mol. The van der Waals surface area contributed by atoms with Gasteiger partial charge in [0.15, 0.2) is 0 Å². The molecule has 0 aliphatic heterocycles. The van der Waals surface area contributed by atoms with Crippen molar-refractivity contribution in [3.05, 3.63) is 0 Å². The van der Waals surface area contributed by atoms with E-state index in [1.807, 2.05) is 0 Å². The Labute approximate surface area is 96.6 Å². The van der Waals surface area contributed by atoms with Gasteiger partial charge in [0.05, 0.1) is 12.4 Å². The summed E-state index contributed by atoms with van der Waals surface area (Å²) >= 11 is 5.59. The Morgan fingerprint density at radius 1 is 1.40 bits per heavy atom. The van der Waals surface area contributed by atoms with Crippen molar-refractivity contribution in [1.29, 1.82) is 0 Å². The molecule has 0 amide bonds. The SMILES string of the molecule is COCCN(CCCl)S(=O)(=O)CC1CC1. The Hall–Kier alpha value is 0.160. The van der Waals surface area contributed by atoms with Gasteiger partial charge in [0, 0.05) is 26.1 Å². The van der Waals surface area contributed by atoms with Crippen molar-refractivity contribution < 1.29 is 13.2 Å². The van der Waals surface area contributed by atoms with Gasteiger partial charge in [-0.1, -0.05) is 0 Å². The molecular weight excluding hydrogens is 238 g/mol. The van der Waals surface area contributed by atoms with E-state index in [1.165, 1.54) is 4.31 Å². The van der Waals surface area contributed by atoms with Gasteiger partial charge < -0.3 is 4.74 Å². The number of alkyl halides is 1. The molecule has 1 rings (SSSR count). The molecule has 0 aromatic carbocycles. The number of ether oxygens (including phenoxy) is 1. The number of halogens is 1. The van der Waals surface area contributed by atoms with Crippen LogP contribution in [0.15, 0.2) is 0 Å². The Bertz CT molecular complexity index is 277. The molecule has 1 fully saturated rings. The van der Waals surface area contributed by atoms with E-state index in [-0.39, 0.29) is 5.75 Å². The van der Waals surface area contributed by atoms with Crippen molar-refractivity contribution in [2.45, 2.75) is 12.8 Å². The minimum Gasteiger partial charge on any atom is -0.383 e. The summed E-state index contributed by atoms with van der Waals surface area (Å²) in [5, 5.41) is 0. The quantitative estimate of drug-likeness (QED) is 0.606. The largest absolute Gasteiger partial charge is 0.383 e. The van der Waals surface area contributed by atoms with Crippen LogP contribution in [0.4, 0.5) is 0 Å². The summed E-state index contributed by atoms with van der Waals surface area (Å²) in [5.41, 5.74) is 0. The minimum atomic E-state index is -3.12. The monoisotopic (exact) mass is 255 g/mol. The van der Waals surface area contributed by atoms with Crippen LogP contribution in [-0.4, -0.2) is 51.2 Å². The highest BCUT2D eigenvalue weighted by Gasteiger charge is 2.31. The smallest absolute Gasteiger partial charge is 0.214 e. The van der Waals surface area contributed by atoms with Gasteiger partial charge in [-0.2, -0.15) is 4.31 Å². The molecule has 1 saturated carbocycles. The van der Waals surface area contributed by atoms with E-state index in [4.69, 9.17) is 16.3 Å². The van der Waals surface area contributed by atoms with Gasteiger partial charge >= 0.3 is 0 Å². The molecule has 0 bridgehead atoms. The summed E-state index contributed by atoms with van der Waals surface area (Å²) in [5.74, 6) is 0.969. The summed E-state index contributed by atoms with van der Waals surface area (Å²) in [6.45, 7) is 1.19. The van der Waals surface area contributed by atoms with Gasteiger partial charge in [0.1, 0.15) is 0 Å². The molecule has 0 radical (unpaired) electrons. The number of hydrogen-bond acceptors (Lipinski definition) is 3. The molecule has 0 saturated heterocycles. The third-order valence-corrected chi connectivity index (χ3v) is 4.63. The molecule has 0 N–H and O–H groups in total. The lowest BCUT2D eigenvalue weighted by Crippen LogP contribution is -2.37. The molecule has 0 unspecified atom stereocenters. The summed E-state index contributed by atoms with van der Waals surface area (Å²) in [6.07, 6.45) is 2.08. The molecule has 4 nitrogen and oxygen atoms in total. The fraction of sp³-hybridized carbons (Fsp3) is 1.00. The zero-order chi connectivity index (χ0) is 11.3. The first-order valence-electron chi connectivity index (χ1n) is 5.13. The number of sulfonamides is 1. The van der Waals surface area contributed by atoms with Crippen LogP contribution in [-0.2, 0) is 14.8 Å². The molecule has 1 aliphatic carbocycles. The normalized spacial score (nSPS) is 17.3. The first kappa shape index (κ1) is 13.2. The Balaban J connectivity index is 2.50. The van der Waals surface area contributed by atoms with Gasteiger partial charge in [-0.15, -0.1) is 11.6 Å². The minimum absolute atomic E-state index is 0.271. The highest BCUT2D eigenvalue weighted by molar-refractivity contribution is 7.89. The summed E-state index contributed by atoms with van der Waals surface area (Å²) < 4.78 is 30.1. The van der Waals surface area contributed by atoms with Crippen molar-refractivity contribution in [2.24, 2.45) is 5.92 Å². The van der Waals surface area contributed by atoms with E-state index in [0.717, 1.165) is 12.8 Å². The molecule has 0 aromatic heterocycles. The molecule has 6 heteroatoms. The lowest BCUT2D eigenvalue weighted by Gasteiger charge is -2.20. The van der Waals surface area contributed by atoms with E-state index in [0.29, 0.717) is 31.5 Å². The Morgan fingerprint density at radius 3 is 2.53 bits per heavy atom. The molecular formula is C9H18ClNO3S. The third kappa shape index (κ3) is 4.68. The van der Waals surface area contributed by atoms with E-state index < -0.39 is 10.0 Å². The molecule has 90 valence electrons. The second-order valence-corrected chi connectivity index (χ2v) is 6.19. The number of hydrogen-bond donors (Lipinski definition) is 0. The zero-order valence-electron chi connectivity index (χ0n) is 8.99. The van der Waals surface area contributed by atoms with E-state index in [2.05, 4.69) is 0 Å². The number of rotatable bonds is 8. The second kappa shape index (κ2) is 6.03. The van der Waals surface area contributed by atoms with Gasteiger partial charge in [0.25, 0.3) is 0 Å². The molecule has 0 spiro atoms. The first-order chi connectivity index (χ1) is 7.10. The maximum atomic E-state index is 11.9. The molecule has 0 aromatic rings. The average Bonchev–Trinajstić information content (AvgIpc) is 2.95. The molecule has 15 heavy (non-hydrogen) atoms. The van der Waals surface area contributed by atoms with Crippen LogP contribution in [0.2, 0.25) is 0 Å². The van der Waals surface area contributed by atoms with Crippen LogP contribution in [0, 0.1) is 5.92 Å². The first-order valence-corrected chi connectivity index (χ1v) is 7.27. The van der Waals surface area contributed by atoms with E-state index in [9.17, 15) is 8.42 Å². The number of nitrogens with zero attached hydrogens (tertiary/aromatic N) is 1. The summed E-state index contributed by atoms with van der Waals surface area (Å²) in [4.78, 5) is 0. The van der Waals surface area contributed by atoms with Crippen LogP contribution >= 0.6 is 11.6 Å². The third-order valence-electron chi connectivity index (χ3n) is 2.42. The number of methoxy groups -OCH3 is 1. The van der Waals surface area contributed by atoms with Crippen LogP contribution in [0.3, 0.4) is 0 Å². The van der Waals surface area contributed by atoms with Crippen molar-refractivity contribution in [3.8, 4) is 0 Å². The van der Waals surface area contributed by atoms with Crippen molar-refractivity contribution in [2.75, 3.05) is 38.4 Å². The lowest BCUT2D eigenvalue weighted by atomic mass is 10.5. The van der Waals surface area contributed by atoms with Gasteiger partial charge in [-0.05, 0) is 18.8 Å². The van der Waals surface area contributed by atoms with Gasteiger partial charge in [0.2, 0.25) is 10.0 Å². The van der Waals surface area contributed by atoms with Crippen LogP contribution in [0.25, 0.3) is 0 Å². The van der Waals surface area contributed by atoms with Gasteiger partial charge in [-0.3, -0.25) is 0 Å². The fourth-order valence-electron chi connectivity index (χ4n) is 1.37. The van der Waals surface area contributed by atoms with Crippen LogP contribution in [0.1, 0.15) is 12.8 Å². The average molecular weight is 256 g/mol. The van der Waals surface area contributed by atoms with Crippen LogP contribution < -0.4 is 0 Å². The maximum Gasteiger partial charge on any atom is 0.214 e. The fourth-order valence-corrected chi connectivity index (χ4v) is 3.53. The lowest BCUT2D eigenvalue weighted by molar-refractivity contribution is 0.180. The highest BCUT2D eigenvalue weighted by Crippen LogP contribution is 2.31. The summed E-state index contributed by atoms with van der Waals surface area (Å²) in [6, 6.07) is 0. The maximum absolute atomic E-state index is 11.9. The Morgan fingerprint density at radius 2 is 2.07 bits per heavy atom. The van der Waals surface area contributed by atoms with Crippen molar-refractivity contribution >= 4 is 21.6 Å². The van der Waals surface area contributed by atoms with Crippen molar-refractivity contribution in [1.82, 2.24) is 4.31 Å². The molecule has 0 heterocycles. The molecule has 0 atom stereocenters. The second-order valence-electron chi connectivity index (χ2n) is 3.80. The van der Waals surface area contributed by atoms with Crippen LogP contribution in [0.5, 0.6) is 0 Å². The van der Waals surface area contributed by atoms with E-state index >= 15 is 0 Å². The zero-order valence-corrected chi connectivity index (χ0v) is 10.6. The van der Waals surface area contributed by atoms with E-state index in [1.54, 1.807) is 7.11 Å². The predicted octanol–water partition coefficient (Wildman–Crippen LogP) is 0.913. The van der Waals surface area contributed by atoms with Crippen molar-refractivity contribution in [3.63, 3.8) is 0 Å². The van der Waals surface area contributed by atoms with Gasteiger partial charge in [-0.25, -0.2) is 8.42 Å².